The highest BCUT2D eigenvalue weighted by Gasteiger charge is 2.35. The van der Waals surface area contributed by atoms with Gasteiger partial charge in [-0.1, -0.05) is 0 Å². The first-order chi connectivity index (χ1) is 4.93. The standard InChI is InChI=1S/C9H17NO/c1-7-5-8(11)6-9(2,3)10(7)4/h7H,5-6H2,1-4H3/t7-/m0/s1. The maximum Gasteiger partial charge on any atom is 0.136 e. The molecule has 1 saturated heterocycles. The van der Waals surface area contributed by atoms with Gasteiger partial charge in [0.05, 0.1) is 0 Å². The number of rotatable bonds is 0. The van der Waals surface area contributed by atoms with E-state index >= 15 is 0 Å². The summed E-state index contributed by atoms with van der Waals surface area (Å²) >= 11 is 0. The number of likely N-dealkylation sites (tertiary alicyclic amines) is 1. The molecule has 0 unspecified atom stereocenters. The van der Waals surface area contributed by atoms with E-state index in [1.807, 2.05) is 0 Å². The van der Waals surface area contributed by atoms with Crippen LogP contribution in [-0.4, -0.2) is 29.3 Å². The van der Waals surface area contributed by atoms with Crippen molar-refractivity contribution < 1.29 is 4.79 Å². The number of carbonyl (C=O) groups excluding carboxylic acids is 1. The summed E-state index contributed by atoms with van der Waals surface area (Å²) in [5, 5.41) is 0. The monoisotopic (exact) mass is 155 g/mol. The highest BCUT2D eigenvalue weighted by atomic mass is 16.1. The van der Waals surface area contributed by atoms with Crippen LogP contribution in [0.4, 0.5) is 0 Å². The van der Waals surface area contributed by atoms with Crippen molar-refractivity contribution in [1.29, 1.82) is 0 Å². The number of nitrogens with zero attached hydrogens (tertiary/aromatic N) is 1. The molecule has 1 heterocycles. The molecule has 0 aromatic heterocycles. The van der Waals surface area contributed by atoms with Crippen molar-refractivity contribution in [2.45, 2.75) is 45.2 Å². The molecule has 64 valence electrons. The largest absolute Gasteiger partial charge is 0.300 e. The number of carbonyl (C=O) groups is 1. The van der Waals surface area contributed by atoms with Gasteiger partial charge in [0.1, 0.15) is 5.78 Å². The lowest BCUT2D eigenvalue weighted by Crippen LogP contribution is -2.52. The van der Waals surface area contributed by atoms with Crippen LogP contribution in [-0.2, 0) is 4.79 Å². The maximum atomic E-state index is 11.2. The maximum absolute atomic E-state index is 11.2. The van der Waals surface area contributed by atoms with E-state index in [0.717, 1.165) is 6.42 Å². The Bertz CT molecular complexity index is 174. The van der Waals surface area contributed by atoms with E-state index in [-0.39, 0.29) is 5.54 Å². The summed E-state index contributed by atoms with van der Waals surface area (Å²) in [5.74, 6) is 0.403. The Morgan fingerprint density at radius 3 is 2.55 bits per heavy atom. The van der Waals surface area contributed by atoms with E-state index in [0.29, 0.717) is 18.2 Å². The lowest BCUT2D eigenvalue weighted by molar-refractivity contribution is -0.127. The first-order valence-electron chi connectivity index (χ1n) is 4.18. The normalized spacial score (nSPS) is 32.4. The molecule has 0 aromatic carbocycles. The number of hydrogen-bond acceptors (Lipinski definition) is 2. The molecule has 0 aliphatic carbocycles. The van der Waals surface area contributed by atoms with Crippen molar-refractivity contribution in [3.8, 4) is 0 Å². The Morgan fingerprint density at radius 1 is 1.55 bits per heavy atom. The summed E-state index contributed by atoms with van der Waals surface area (Å²) < 4.78 is 0. The summed E-state index contributed by atoms with van der Waals surface area (Å²) in [6.45, 7) is 6.36. The fourth-order valence-electron chi connectivity index (χ4n) is 1.74. The number of ketones is 1. The van der Waals surface area contributed by atoms with Crippen LogP contribution in [0.25, 0.3) is 0 Å². The Kier molecular flexibility index (Phi) is 2.06. The molecule has 1 aliphatic heterocycles. The Morgan fingerprint density at radius 2 is 2.09 bits per heavy atom. The first-order valence-corrected chi connectivity index (χ1v) is 4.18. The lowest BCUT2D eigenvalue weighted by atomic mass is 9.87. The third-order valence-corrected chi connectivity index (χ3v) is 2.77. The molecule has 0 N–H and O–H groups in total. The molecule has 0 aromatic rings. The smallest absolute Gasteiger partial charge is 0.136 e. The summed E-state index contributed by atoms with van der Waals surface area (Å²) in [7, 11) is 2.09. The molecule has 1 aliphatic rings. The van der Waals surface area contributed by atoms with Crippen molar-refractivity contribution in [1.82, 2.24) is 4.90 Å². The van der Waals surface area contributed by atoms with Gasteiger partial charge in [-0.15, -0.1) is 0 Å². The van der Waals surface area contributed by atoms with Crippen molar-refractivity contribution in [3.63, 3.8) is 0 Å². The summed E-state index contributed by atoms with van der Waals surface area (Å²) in [5.41, 5.74) is 0.0642. The third-order valence-electron chi connectivity index (χ3n) is 2.77. The van der Waals surface area contributed by atoms with Crippen molar-refractivity contribution in [2.75, 3.05) is 7.05 Å². The van der Waals surface area contributed by atoms with Crippen molar-refractivity contribution >= 4 is 5.78 Å². The topological polar surface area (TPSA) is 20.3 Å². The Labute approximate surface area is 68.6 Å². The van der Waals surface area contributed by atoms with Crippen molar-refractivity contribution in [3.05, 3.63) is 0 Å². The van der Waals surface area contributed by atoms with Gasteiger partial charge in [0.15, 0.2) is 0 Å². The molecule has 0 saturated carbocycles. The second-order valence-electron chi connectivity index (χ2n) is 4.19. The molecule has 1 rings (SSSR count). The molecule has 0 spiro atoms. The minimum atomic E-state index is 0.0642. The van der Waals surface area contributed by atoms with Crippen LogP contribution in [0, 0.1) is 0 Å². The van der Waals surface area contributed by atoms with Gasteiger partial charge in [-0.2, -0.15) is 0 Å². The molecule has 2 nitrogen and oxygen atoms in total. The van der Waals surface area contributed by atoms with Gasteiger partial charge in [0.2, 0.25) is 0 Å². The minimum absolute atomic E-state index is 0.0642. The van der Waals surface area contributed by atoms with Crippen LogP contribution in [0.15, 0.2) is 0 Å². The molecule has 1 fully saturated rings. The van der Waals surface area contributed by atoms with E-state index in [1.165, 1.54) is 0 Å². The quantitative estimate of drug-likeness (QED) is 0.527. The molecular formula is C9H17NO. The van der Waals surface area contributed by atoms with Crippen LogP contribution in [0.3, 0.4) is 0 Å². The molecule has 0 bridgehead atoms. The Hall–Kier alpha value is -0.370. The predicted octanol–water partition coefficient (Wildman–Crippen LogP) is 1.45. The summed E-state index contributed by atoms with van der Waals surface area (Å²) in [6, 6.07) is 0.409. The zero-order valence-corrected chi connectivity index (χ0v) is 7.85. The highest BCUT2D eigenvalue weighted by Crippen LogP contribution is 2.27. The summed E-state index contributed by atoms with van der Waals surface area (Å²) in [4.78, 5) is 13.5. The zero-order chi connectivity index (χ0) is 8.65. The summed E-state index contributed by atoms with van der Waals surface area (Å²) in [6.07, 6.45) is 1.42. The zero-order valence-electron chi connectivity index (χ0n) is 7.85. The third kappa shape index (κ3) is 1.62. The number of piperidine rings is 1. The molecule has 1 atom stereocenters. The fraction of sp³-hybridized carbons (Fsp3) is 0.889. The second kappa shape index (κ2) is 2.59. The fourth-order valence-corrected chi connectivity index (χ4v) is 1.74. The lowest BCUT2D eigenvalue weighted by Gasteiger charge is -2.43. The van der Waals surface area contributed by atoms with Crippen LogP contribution in [0.2, 0.25) is 0 Å². The van der Waals surface area contributed by atoms with Gasteiger partial charge in [0, 0.05) is 24.4 Å². The number of hydrogen-bond donors (Lipinski definition) is 0. The van der Waals surface area contributed by atoms with Crippen LogP contribution in [0.1, 0.15) is 33.6 Å². The van der Waals surface area contributed by atoms with E-state index in [2.05, 4.69) is 32.7 Å². The Balaban J connectivity index is 2.75. The van der Waals surface area contributed by atoms with Gasteiger partial charge in [-0.3, -0.25) is 9.69 Å². The van der Waals surface area contributed by atoms with E-state index in [9.17, 15) is 4.79 Å². The molecule has 11 heavy (non-hydrogen) atoms. The van der Waals surface area contributed by atoms with E-state index in [1.54, 1.807) is 0 Å². The van der Waals surface area contributed by atoms with E-state index in [4.69, 9.17) is 0 Å². The van der Waals surface area contributed by atoms with Gasteiger partial charge in [-0.05, 0) is 27.8 Å². The van der Waals surface area contributed by atoms with Gasteiger partial charge in [0.25, 0.3) is 0 Å². The predicted molar refractivity (Wildman–Crippen MR) is 45.5 cm³/mol. The number of Topliss-reactive ketones (excluding diaryl/α,β-unsaturated/α-hetero) is 1. The average Bonchev–Trinajstić information content (AvgIpc) is 1.81. The first kappa shape index (κ1) is 8.72. The van der Waals surface area contributed by atoms with Gasteiger partial charge >= 0.3 is 0 Å². The van der Waals surface area contributed by atoms with Crippen molar-refractivity contribution in [2.24, 2.45) is 0 Å². The molecule has 0 amide bonds. The van der Waals surface area contributed by atoms with Gasteiger partial charge in [-0.25, -0.2) is 0 Å². The average molecular weight is 155 g/mol. The second-order valence-corrected chi connectivity index (χ2v) is 4.19. The molecule has 2 heteroatoms. The molecule has 0 radical (unpaired) electrons. The van der Waals surface area contributed by atoms with E-state index < -0.39 is 0 Å². The van der Waals surface area contributed by atoms with Crippen LogP contribution in [0.5, 0.6) is 0 Å². The minimum Gasteiger partial charge on any atom is -0.300 e. The highest BCUT2D eigenvalue weighted by molar-refractivity contribution is 5.81. The SMILES string of the molecule is C[C@H]1CC(=O)CC(C)(C)N1C. The van der Waals surface area contributed by atoms with Crippen LogP contribution >= 0.6 is 0 Å². The van der Waals surface area contributed by atoms with Crippen LogP contribution < -0.4 is 0 Å². The van der Waals surface area contributed by atoms with Gasteiger partial charge < -0.3 is 0 Å². The molecular weight excluding hydrogens is 138 g/mol.